The van der Waals surface area contributed by atoms with Crippen molar-refractivity contribution in [1.29, 1.82) is 0 Å². The van der Waals surface area contributed by atoms with Crippen molar-refractivity contribution < 1.29 is 27.5 Å². The van der Waals surface area contributed by atoms with Crippen LogP contribution in [-0.2, 0) is 31.4 Å². The van der Waals surface area contributed by atoms with Crippen molar-refractivity contribution >= 4 is 39.1 Å². The lowest BCUT2D eigenvalue weighted by Crippen LogP contribution is -2.48. The Morgan fingerprint density at radius 1 is 1.13 bits per heavy atom. The second-order valence-corrected chi connectivity index (χ2v) is 16.9. The van der Waals surface area contributed by atoms with Gasteiger partial charge < -0.3 is 19.7 Å². The molecule has 0 saturated heterocycles. The molecule has 256 valence electrons. The molecule has 0 radical (unpaired) electrons. The molecule has 2 bridgehead atoms. The Morgan fingerprint density at radius 2 is 1.89 bits per heavy atom. The number of nitrogens with one attached hydrogen (secondary N) is 2. The lowest BCUT2D eigenvalue weighted by atomic mass is 9.68. The third kappa shape index (κ3) is 6.75. The number of benzene rings is 2. The number of carbonyl (C=O) groups is 2. The fourth-order valence-corrected chi connectivity index (χ4v) is 10.0. The minimum absolute atomic E-state index is 0.169. The van der Waals surface area contributed by atoms with E-state index in [-0.39, 0.29) is 28.7 Å². The average Bonchev–Trinajstić information content (AvgIpc) is 3.18. The van der Waals surface area contributed by atoms with Crippen LogP contribution in [0.25, 0.3) is 0 Å². The van der Waals surface area contributed by atoms with Gasteiger partial charge in [0.05, 0.1) is 17.5 Å². The molecule has 1 spiro atoms. The number of hydrogen-bond acceptors (Lipinski definition) is 7. The summed E-state index contributed by atoms with van der Waals surface area (Å²) in [5.41, 5.74) is 3.38. The molecule has 11 heteroatoms. The number of sulfonamides is 1. The number of hydrogen-bond donors (Lipinski definition) is 2. The van der Waals surface area contributed by atoms with Gasteiger partial charge in [-0.25, -0.2) is 13.1 Å². The van der Waals surface area contributed by atoms with Gasteiger partial charge in [-0.1, -0.05) is 24.6 Å². The summed E-state index contributed by atoms with van der Waals surface area (Å²) in [5.74, 6) is 0.258. The van der Waals surface area contributed by atoms with Gasteiger partial charge in [-0.2, -0.15) is 0 Å². The molecule has 1 fully saturated rings. The Morgan fingerprint density at radius 3 is 2.62 bits per heavy atom. The molecule has 0 aromatic heterocycles. The van der Waals surface area contributed by atoms with Crippen LogP contribution in [0.1, 0.15) is 80.3 Å². The second-order valence-electron chi connectivity index (χ2n) is 14.4. The molecular weight excluding hydrogens is 638 g/mol. The summed E-state index contributed by atoms with van der Waals surface area (Å²) in [6.07, 6.45) is 6.67. The SMILES string of the molecule is CNC(=O)[C@H](OC)[C@@H]1CC[C@@H]2CC[C@H]2CN2C[C@@]3(CCCc4cc(Cl)ccc43)COc3ccc(cc32)C(=O)NS(=O)(=O)[C@H](C)[C@@H](C)C1. The predicted octanol–water partition coefficient (Wildman–Crippen LogP) is 5.48. The van der Waals surface area contributed by atoms with Crippen LogP contribution < -0.4 is 19.7 Å². The zero-order chi connectivity index (χ0) is 33.5. The molecule has 2 amide bonds. The van der Waals surface area contributed by atoms with Crippen LogP contribution in [0.2, 0.25) is 5.02 Å². The van der Waals surface area contributed by atoms with Crippen LogP contribution in [0.4, 0.5) is 5.69 Å². The van der Waals surface area contributed by atoms with E-state index in [1.165, 1.54) is 18.2 Å². The smallest absolute Gasteiger partial charge is 0.264 e. The van der Waals surface area contributed by atoms with Crippen LogP contribution in [0.15, 0.2) is 36.4 Å². The number of fused-ring (bicyclic) bond motifs is 4. The van der Waals surface area contributed by atoms with Crippen molar-refractivity contribution in [3.8, 4) is 5.75 Å². The molecule has 2 heterocycles. The predicted molar refractivity (Wildman–Crippen MR) is 184 cm³/mol. The monoisotopic (exact) mass is 685 g/mol. The topological polar surface area (TPSA) is 114 Å². The van der Waals surface area contributed by atoms with E-state index in [0.29, 0.717) is 30.6 Å². The molecule has 1 saturated carbocycles. The molecule has 47 heavy (non-hydrogen) atoms. The first kappa shape index (κ1) is 34.1. The number of rotatable bonds is 3. The van der Waals surface area contributed by atoms with Crippen LogP contribution >= 0.6 is 11.6 Å². The highest BCUT2D eigenvalue weighted by Gasteiger charge is 2.44. The number of anilines is 1. The minimum atomic E-state index is -4.02. The maximum absolute atomic E-state index is 13.6. The molecular formula is C36H48ClN3O6S. The summed E-state index contributed by atoms with van der Waals surface area (Å²) in [7, 11) is -0.891. The Bertz CT molecular complexity index is 1620. The zero-order valence-corrected chi connectivity index (χ0v) is 29.5. The number of methoxy groups -OCH3 is 1. The summed E-state index contributed by atoms with van der Waals surface area (Å²) < 4.78 is 41.8. The van der Waals surface area contributed by atoms with Crippen molar-refractivity contribution in [2.75, 3.05) is 38.8 Å². The molecule has 9 nitrogen and oxygen atoms in total. The number of carbonyl (C=O) groups excluding carboxylic acids is 2. The second kappa shape index (κ2) is 13.6. The van der Waals surface area contributed by atoms with Gasteiger partial charge in [-0.15, -0.1) is 0 Å². The number of nitrogens with zero attached hydrogens (tertiary/aromatic N) is 1. The van der Waals surface area contributed by atoms with Gasteiger partial charge in [0.1, 0.15) is 11.9 Å². The molecule has 2 N–H and O–H groups in total. The van der Waals surface area contributed by atoms with Gasteiger partial charge in [-0.05, 0) is 123 Å². The van der Waals surface area contributed by atoms with Gasteiger partial charge in [0.2, 0.25) is 15.9 Å². The van der Waals surface area contributed by atoms with Gasteiger partial charge >= 0.3 is 0 Å². The zero-order valence-electron chi connectivity index (χ0n) is 27.9. The molecule has 6 rings (SSSR count). The molecule has 0 unspecified atom stereocenters. The molecule has 2 aromatic carbocycles. The fraction of sp³-hybridized carbons (Fsp3) is 0.611. The number of likely N-dealkylation sites (N-methyl/N-ethyl adjacent to an activating group) is 1. The van der Waals surface area contributed by atoms with Gasteiger partial charge in [0.15, 0.2) is 0 Å². The van der Waals surface area contributed by atoms with Crippen molar-refractivity contribution in [2.45, 2.75) is 82.0 Å². The third-order valence-corrected chi connectivity index (χ3v) is 13.8. The van der Waals surface area contributed by atoms with Gasteiger partial charge in [-0.3, -0.25) is 9.59 Å². The maximum atomic E-state index is 13.6. The number of aryl methyl sites for hydroxylation is 1. The van der Waals surface area contributed by atoms with Crippen molar-refractivity contribution in [1.82, 2.24) is 10.0 Å². The summed E-state index contributed by atoms with van der Waals surface area (Å²) in [6.45, 7) is 5.54. The lowest BCUT2D eigenvalue weighted by molar-refractivity contribution is -0.134. The van der Waals surface area contributed by atoms with E-state index < -0.39 is 27.3 Å². The average molecular weight is 686 g/mol. The van der Waals surface area contributed by atoms with Crippen LogP contribution in [0, 0.1) is 23.7 Å². The fourth-order valence-electron chi connectivity index (χ4n) is 8.53. The minimum Gasteiger partial charge on any atom is -0.490 e. The summed E-state index contributed by atoms with van der Waals surface area (Å²) in [6, 6.07) is 11.5. The number of halogens is 1. The van der Waals surface area contributed by atoms with Crippen LogP contribution in [0.5, 0.6) is 5.75 Å². The molecule has 2 aliphatic heterocycles. The van der Waals surface area contributed by atoms with E-state index in [4.69, 9.17) is 21.1 Å². The van der Waals surface area contributed by atoms with Crippen molar-refractivity contribution in [2.24, 2.45) is 23.7 Å². The van der Waals surface area contributed by atoms with E-state index in [1.807, 2.05) is 19.1 Å². The van der Waals surface area contributed by atoms with Gasteiger partial charge in [0, 0.05) is 43.2 Å². The third-order valence-electron chi connectivity index (χ3n) is 11.6. The normalized spacial score (nSPS) is 31.2. The molecule has 2 aromatic rings. The molecule has 2 aliphatic carbocycles. The van der Waals surface area contributed by atoms with E-state index in [1.54, 1.807) is 26.1 Å². The van der Waals surface area contributed by atoms with Gasteiger partial charge in [0.25, 0.3) is 5.91 Å². The van der Waals surface area contributed by atoms with Crippen LogP contribution in [0.3, 0.4) is 0 Å². The summed E-state index contributed by atoms with van der Waals surface area (Å²) in [4.78, 5) is 28.9. The lowest BCUT2D eigenvalue weighted by Gasteiger charge is -2.45. The number of ether oxygens (including phenoxy) is 2. The Balaban J connectivity index is 1.39. The Labute approximate surface area is 284 Å². The van der Waals surface area contributed by atoms with Crippen molar-refractivity contribution in [3.63, 3.8) is 0 Å². The number of amides is 2. The van der Waals surface area contributed by atoms with E-state index in [9.17, 15) is 18.0 Å². The molecule has 4 aliphatic rings. The van der Waals surface area contributed by atoms with E-state index in [0.717, 1.165) is 68.7 Å². The van der Waals surface area contributed by atoms with E-state index in [2.05, 4.69) is 27.1 Å². The quantitative estimate of drug-likeness (QED) is 0.440. The first-order chi connectivity index (χ1) is 22.4. The maximum Gasteiger partial charge on any atom is 0.264 e. The Kier molecular flexibility index (Phi) is 9.85. The van der Waals surface area contributed by atoms with Crippen LogP contribution in [-0.4, -0.2) is 65.4 Å². The summed E-state index contributed by atoms with van der Waals surface area (Å²) >= 11 is 6.43. The highest BCUT2D eigenvalue weighted by Crippen LogP contribution is 2.47. The highest BCUT2D eigenvalue weighted by molar-refractivity contribution is 7.90. The molecule has 7 atom stereocenters. The summed E-state index contributed by atoms with van der Waals surface area (Å²) in [5, 5.41) is 2.60. The highest BCUT2D eigenvalue weighted by atomic mass is 35.5. The largest absolute Gasteiger partial charge is 0.490 e. The standard InChI is InChI=1S/C36H48ClN3O6S/c1-22-16-26(33(45-4)35(42)38-3)9-7-24-8-10-28(24)19-40-20-36(15-5-6-25-17-29(37)12-13-30(25)36)21-46-32-14-11-27(18-31(32)40)34(41)39-47(43,44)23(22)2/h11-14,17-18,22-24,26,28,33H,5-10,15-16,19-21H2,1-4H3,(H,38,42)(H,39,41)/t22-,23+,24+,26+,28-,33+,36-/m0/s1. The first-order valence-electron chi connectivity index (χ1n) is 17.1. The van der Waals surface area contributed by atoms with Crippen molar-refractivity contribution in [3.05, 3.63) is 58.1 Å². The Hall–Kier alpha value is -2.82. The first-order valence-corrected chi connectivity index (χ1v) is 19.0. The van der Waals surface area contributed by atoms with E-state index >= 15 is 0 Å².